The van der Waals surface area contributed by atoms with Crippen LogP contribution in [0.2, 0.25) is 0 Å². The van der Waals surface area contributed by atoms with Gasteiger partial charge in [-0.05, 0) is 36.6 Å². The zero-order chi connectivity index (χ0) is 21.5. The minimum atomic E-state index is -0.0144. The molecule has 3 unspecified atom stereocenters. The third-order valence-electron chi connectivity index (χ3n) is 6.61. The number of fused-ring (bicyclic) bond motifs is 2. The van der Waals surface area contributed by atoms with Crippen LogP contribution in [-0.2, 0) is 0 Å². The van der Waals surface area contributed by atoms with Crippen molar-refractivity contribution in [3.05, 3.63) is 35.4 Å². The smallest absolute Gasteiger partial charge is 0.231 e. The summed E-state index contributed by atoms with van der Waals surface area (Å²) in [6, 6.07) is 8.12. The van der Waals surface area contributed by atoms with Crippen molar-refractivity contribution in [3.8, 4) is 34.5 Å². The molecule has 1 fully saturated rings. The van der Waals surface area contributed by atoms with Crippen LogP contribution in [0.15, 0.2) is 24.3 Å². The standard InChI is InChI=1S/C24H29NO6/c1-14-22(15-9-20(26-2)23(28-4)21(10-15)27-3)16-11-18-19(30-13-29-18)12-17(16)31-24(14)25-7-5-6-8-25/h9-12,14,22,24H,5-8,13H2,1-4H3. The Labute approximate surface area is 182 Å². The molecule has 0 N–H and O–H groups in total. The average Bonchev–Trinajstić information content (AvgIpc) is 3.48. The monoisotopic (exact) mass is 427 g/mol. The summed E-state index contributed by atoms with van der Waals surface area (Å²) in [5.74, 6) is 4.50. The number of hydrogen-bond donors (Lipinski definition) is 0. The molecule has 5 rings (SSSR count). The van der Waals surface area contributed by atoms with Gasteiger partial charge in [-0.15, -0.1) is 0 Å². The van der Waals surface area contributed by atoms with Gasteiger partial charge in [-0.2, -0.15) is 0 Å². The maximum atomic E-state index is 6.57. The first kappa shape index (κ1) is 20.1. The number of methoxy groups -OCH3 is 3. The number of nitrogens with zero attached hydrogens (tertiary/aromatic N) is 1. The van der Waals surface area contributed by atoms with Crippen molar-refractivity contribution in [1.82, 2.24) is 4.90 Å². The van der Waals surface area contributed by atoms with Gasteiger partial charge in [-0.3, -0.25) is 4.90 Å². The molecule has 2 aromatic rings. The molecule has 7 heteroatoms. The minimum Gasteiger partial charge on any atom is -0.493 e. The summed E-state index contributed by atoms with van der Waals surface area (Å²) in [5, 5.41) is 0. The first-order valence-corrected chi connectivity index (χ1v) is 10.8. The van der Waals surface area contributed by atoms with E-state index in [1.54, 1.807) is 21.3 Å². The van der Waals surface area contributed by atoms with Crippen molar-refractivity contribution >= 4 is 0 Å². The van der Waals surface area contributed by atoms with Gasteiger partial charge in [0.1, 0.15) is 5.75 Å². The fraction of sp³-hybridized carbons (Fsp3) is 0.500. The molecule has 31 heavy (non-hydrogen) atoms. The molecule has 3 aliphatic heterocycles. The molecule has 3 atom stereocenters. The highest BCUT2D eigenvalue weighted by molar-refractivity contribution is 5.60. The van der Waals surface area contributed by atoms with Gasteiger partial charge in [0.25, 0.3) is 0 Å². The van der Waals surface area contributed by atoms with E-state index in [4.69, 9.17) is 28.4 Å². The Morgan fingerprint density at radius 3 is 2.10 bits per heavy atom. The Kier molecular flexibility index (Phi) is 5.22. The van der Waals surface area contributed by atoms with E-state index in [1.807, 2.05) is 18.2 Å². The number of hydrogen-bond acceptors (Lipinski definition) is 7. The van der Waals surface area contributed by atoms with Gasteiger partial charge in [0.2, 0.25) is 12.5 Å². The molecule has 0 radical (unpaired) electrons. The van der Waals surface area contributed by atoms with E-state index >= 15 is 0 Å². The van der Waals surface area contributed by atoms with Gasteiger partial charge in [0, 0.05) is 36.6 Å². The largest absolute Gasteiger partial charge is 0.493 e. The molecular formula is C24H29NO6. The molecule has 3 heterocycles. The number of ether oxygens (including phenoxy) is 6. The second-order valence-corrected chi connectivity index (χ2v) is 8.29. The van der Waals surface area contributed by atoms with Crippen LogP contribution in [-0.4, -0.2) is 52.3 Å². The molecule has 0 saturated carbocycles. The van der Waals surface area contributed by atoms with Crippen LogP contribution in [0, 0.1) is 5.92 Å². The molecule has 0 bridgehead atoms. The van der Waals surface area contributed by atoms with Crippen LogP contribution >= 0.6 is 0 Å². The van der Waals surface area contributed by atoms with Crippen LogP contribution in [0.4, 0.5) is 0 Å². The van der Waals surface area contributed by atoms with Gasteiger partial charge in [-0.1, -0.05) is 6.92 Å². The maximum absolute atomic E-state index is 6.57. The Morgan fingerprint density at radius 1 is 0.839 bits per heavy atom. The van der Waals surface area contributed by atoms with Gasteiger partial charge in [-0.25, -0.2) is 0 Å². The molecule has 7 nitrogen and oxygen atoms in total. The highest BCUT2D eigenvalue weighted by Crippen LogP contribution is 2.52. The lowest BCUT2D eigenvalue weighted by Crippen LogP contribution is -2.46. The van der Waals surface area contributed by atoms with E-state index in [0.717, 1.165) is 41.5 Å². The van der Waals surface area contributed by atoms with Crippen LogP contribution in [0.1, 0.15) is 36.8 Å². The van der Waals surface area contributed by atoms with E-state index < -0.39 is 0 Å². The fourth-order valence-electron chi connectivity index (χ4n) is 5.14. The van der Waals surface area contributed by atoms with Gasteiger partial charge < -0.3 is 28.4 Å². The van der Waals surface area contributed by atoms with E-state index in [0.29, 0.717) is 17.2 Å². The number of likely N-dealkylation sites (tertiary alicyclic amines) is 1. The first-order valence-electron chi connectivity index (χ1n) is 10.8. The highest BCUT2D eigenvalue weighted by Gasteiger charge is 2.42. The van der Waals surface area contributed by atoms with Crippen LogP contribution < -0.4 is 28.4 Å². The second kappa shape index (κ2) is 8.04. The van der Waals surface area contributed by atoms with Gasteiger partial charge >= 0.3 is 0 Å². The molecule has 1 saturated heterocycles. The Bertz CT molecular complexity index is 946. The molecular weight excluding hydrogens is 398 g/mol. The molecule has 3 aliphatic rings. The normalized spacial score (nSPS) is 24.5. The second-order valence-electron chi connectivity index (χ2n) is 8.29. The molecule has 0 aliphatic carbocycles. The van der Waals surface area contributed by atoms with Crippen molar-refractivity contribution in [1.29, 1.82) is 0 Å². The third kappa shape index (κ3) is 3.31. The van der Waals surface area contributed by atoms with Crippen LogP contribution in [0.3, 0.4) is 0 Å². The van der Waals surface area contributed by atoms with Gasteiger partial charge in [0.05, 0.1) is 21.3 Å². The topological polar surface area (TPSA) is 58.6 Å². The quantitative estimate of drug-likeness (QED) is 0.714. The number of rotatable bonds is 5. The van der Waals surface area contributed by atoms with E-state index in [1.165, 1.54) is 12.8 Å². The van der Waals surface area contributed by atoms with Crippen LogP contribution in [0.25, 0.3) is 0 Å². The third-order valence-corrected chi connectivity index (χ3v) is 6.61. The summed E-state index contributed by atoms with van der Waals surface area (Å²) in [6.45, 7) is 4.59. The average molecular weight is 427 g/mol. The summed E-state index contributed by atoms with van der Waals surface area (Å²) in [5.41, 5.74) is 2.18. The lowest BCUT2D eigenvalue weighted by atomic mass is 9.78. The zero-order valence-electron chi connectivity index (χ0n) is 18.5. The Hall–Kier alpha value is -2.80. The zero-order valence-corrected chi connectivity index (χ0v) is 18.5. The summed E-state index contributed by atoms with van der Waals surface area (Å²) >= 11 is 0. The SMILES string of the molecule is COc1cc(C2c3cc4c(cc3OC(N3CCCC3)C2C)OCO4)cc(OC)c1OC. The van der Waals surface area contributed by atoms with Crippen molar-refractivity contribution < 1.29 is 28.4 Å². The predicted molar refractivity (Wildman–Crippen MR) is 115 cm³/mol. The fourth-order valence-corrected chi connectivity index (χ4v) is 5.14. The van der Waals surface area contributed by atoms with Gasteiger partial charge in [0.15, 0.2) is 29.2 Å². The summed E-state index contributed by atoms with van der Waals surface area (Å²) in [7, 11) is 4.91. The van der Waals surface area contributed by atoms with E-state index in [2.05, 4.69) is 17.9 Å². The Balaban J connectivity index is 1.66. The highest BCUT2D eigenvalue weighted by atomic mass is 16.7. The minimum absolute atomic E-state index is 0.0144. The van der Waals surface area contributed by atoms with Crippen molar-refractivity contribution in [2.45, 2.75) is 31.9 Å². The van der Waals surface area contributed by atoms with E-state index in [-0.39, 0.29) is 24.9 Å². The number of benzene rings is 2. The lowest BCUT2D eigenvalue weighted by Gasteiger charge is -2.42. The lowest BCUT2D eigenvalue weighted by molar-refractivity contribution is -0.0178. The van der Waals surface area contributed by atoms with E-state index in [9.17, 15) is 0 Å². The van der Waals surface area contributed by atoms with Crippen molar-refractivity contribution in [2.24, 2.45) is 5.92 Å². The van der Waals surface area contributed by atoms with Crippen LogP contribution in [0.5, 0.6) is 34.5 Å². The molecule has 0 spiro atoms. The van der Waals surface area contributed by atoms with Crippen molar-refractivity contribution in [3.63, 3.8) is 0 Å². The van der Waals surface area contributed by atoms with Crippen molar-refractivity contribution in [2.75, 3.05) is 41.2 Å². The summed E-state index contributed by atoms with van der Waals surface area (Å²) in [6.07, 6.45) is 2.39. The molecule has 0 amide bonds. The predicted octanol–water partition coefficient (Wildman–Crippen LogP) is 4.02. The molecule has 0 aromatic heterocycles. The maximum Gasteiger partial charge on any atom is 0.231 e. The summed E-state index contributed by atoms with van der Waals surface area (Å²) in [4.78, 5) is 2.45. The molecule has 166 valence electrons. The first-order chi connectivity index (χ1) is 15.1. The Morgan fingerprint density at radius 2 is 1.48 bits per heavy atom. The summed E-state index contributed by atoms with van der Waals surface area (Å²) < 4.78 is 34.7. The molecule has 2 aromatic carbocycles.